The van der Waals surface area contributed by atoms with Crippen molar-refractivity contribution >= 4 is 17.5 Å². The molecule has 5 nitrogen and oxygen atoms in total. The Kier molecular flexibility index (Phi) is 4.16. The summed E-state index contributed by atoms with van der Waals surface area (Å²) in [6.45, 7) is 5.15. The van der Waals surface area contributed by atoms with Crippen LogP contribution in [-0.2, 0) is 4.79 Å². The largest absolute Gasteiger partial charge is 0.343 e. The molecule has 2 heterocycles. The minimum Gasteiger partial charge on any atom is -0.343 e. The molecule has 0 aliphatic carbocycles. The minimum absolute atomic E-state index is 0.147. The van der Waals surface area contributed by atoms with E-state index < -0.39 is 0 Å². The summed E-state index contributed by atoms with van der Waals surface area (Å²) in [6, 6.07) is 7.71. The Balaban J connectivity index is 1.87. The fourth-order valence-corrected chi connectivity index (χ4v) is 3.13. The molecule has 0 unspecified atom stereocenters. The highest BCUT2D eigenvalue weighted by molar-refractivity contribution is 6.30. The Bertz CT molecular complexity index is 672. The molecule has 1 aliphatic rings. The van der Waals surface area contributed by atoms with Crippen molar-refractivity contribution in [2.45, 2.75) is 32.6 Å². The molecule has 1 aromatic heterocycles. The van der Waals surface area contributed by atoms with Crippen molar-refractivity contribution in [2.75, 3.05) is 13.1 Å². The number of piperidine rings is 1. The number of aryl methyl sites for hydroxylation is 1. The summed E-state index contributed by atoms with van der Waals surface area (Å²) in [4.78, 5) is 13.3. The van der Waals surface area contributed by atoms with E-state index in [-0.39, 0.29) is 5.91 Å². The first-order valence-corrected chi connectivity index (χ1v) is 7.87. The first-order chi connectivity index (χ1) is 10.6. The van der Waals surface area contributed by atoms with Gasteiger partial charge in [0.15, 0.2) is 0 Å². The Morgan fingerprint density at radius 3 is 2.41 bits per heavy atom. The number of rotatable bonds is 2. The summed E-state index contributed by atoms with van der Waals surface area (Å²) in [7, 11) is 0. The molecule has 0 radical (unpaired) electrons. The predicted octanol–water partition coefficient (Wildman–Crippen LogP) is 2.96. The van der Waals surface area contributed by atoms with E-state index in [1.165, 1.54) is 0 Å². The van der Waals surface area contributed by atoms with E-state index in [0.717, 1.165) is 43.3 Å². The van der Waals surface area contributed by atoms with Crippen molar-refractivity contribution < 1.29 is 4.79 Å². The lowest BCUT2D eigenvalue weighted by Gasteiger charge is -2.31. The van der Waals surface area contributed by atoms with Gasteiger partial charge in [-0.05, 0) is 44.0 Å². The third kappa shape index (κ3) is 2.86. The Labute approximate surface area is 134 Å². The number of benzene rings is 1. The average Bonchev–Trinajstić information content (AvgIpc) is 2.90. The number of amides is 1. The molecular weight excluding hydrogens is 300 g/mol. The molecule has 1 amide bonds. The van der Waals surface area contributed by atoms with Gasteiger partial charge in [-0.15, -0.1) is 10.2 Å². The molecular formula is C16H19ClN4O. The van der Waals surface area contributed by atoms with Crippen LogP contribution in [0.4, 0.5) is 0 Å². The standard InChI is InChI=1S/C16H19ClN4O/c1-11-18-19-16(13-7-9-20(10-8-13)12(2)22)21(11)15-5-3-14(17)4-6-15/h3-6,13H,7-10H2,1-2H3. The third-order valence-corrected chi connectivity index (χ3v) is 4.49. The van der Waals surface area contributed by atoms with Crippen LogP contribution in [0.25, 0.3) is 5.69 Å². The Morgan fingerprint density at radius 2 is 1.82 bits per heavy atom. The maximum Gasteiger partial charge on any atom is 0.219 e. The summed E-state index contributed by atoms with van der Waals surface area (Å²) in [5.74, 6) is 2.32. The molecule has 22 heavy (non-hydrogen) atoms. The van der Waals surface area contributed by atoms with E-state index in [4.69, 9.17) is 11.6 Å². The van der Waals surface area contributed by atoms with Gasteiger partial charge < -0.3 is 4.90 Å². The first kappa shape index (κ1) is 15.0. The van der Waals surface area contributed by atoms with Gasteiger partial charge in [-0.25, -0.2) is 0 Å². The Morgan fingerprint density at radius 1 is 1.18 bits per heavy atom. The van der Waals surface area contributed by atoms with Crippen LogP contribution in [0.2, 0.25) is 5.02 Å². The van der Waals surface area contributed by atoms with Gasteiger partial charge >= 0.3 is 0 Å². The quantitative estimate of drug-likeness (QED) is 0.855. The van der Waals surface area contributed by atoms with Crippen LogP contribution in [-0.4, -0.2) is 38.7 Å². The van der Waals surface area contributed by atoms with Crippen molar-refractivity contribution in [1.29, 1.82) is 0 Å². The monoisotopic (exact) mass is 318 g/mol. The number of halogens is 1. The molecule has 1 aromatic carbocycles. The van der Waals surface area contributed by atoms with Crippen LogP contribution >= 0.6 is 11.6 Å². The van der Waals surface area contributed by atoms with E-state index in [2.05, 4.69) is 14.8 Å². The number of carbonyl (C=O) groups is 1. The minimum atomic E-state index is 0.147. The van der Waals surface area contributed by atoms with E-state index in [9.17, 15) is 4.79 Å². The second kappa shape index (κ2) is 6.08. The number of nitrogens with zero attached hydrogens (tertiary/aromatic N) is 4. The van der Waals surface area contributed by atoms with Crippen LogP contribution in [0.15, 0.2) is 24.3 Å². The average molecular weight is 319 g/mol. The van der Waals surface area contributed by atoms with Crippen molar-refractivity contribution in [1.82, 2.24) is 19.7 Å². The molecule has 3 rings (SSSR count). The lowest BCUT2D eigenvalue weighted by Crippen LogP contribution is -2.36. The molecule has 116 valence electrons. The number of carbonyl (C=O) groups excluding carboxylic acids is 1. The number of likely N-dealkylation sites (tertiary alicyclic amines) is 1. The van der Waals surface area contributed by atoms with Crippen LogP contribution in [0, 0.1) is 6.92 Å². The van der Waals surface area contributed by atoms with Gasteiger partial charge in [-0.1, -0.05) is 11.6 Å². The second-order valence-corrected chi connectivity index (χ2v) is 6.13. The van der Waals surface area contributed by atoms with Gasteiger partial charge in [0.2, 0.25) is 5.91 Å². The zero-order chi connectivity index (χ0) is 15.7. The molecule has 0 bridgehead atoms. The number of aromatic nitrogens is 3. The highest BCUT2D eigenvalue weighted by Crippen LogP contribution is 2.29. The molecule has 0 N–H and O–H groups in total. The summed E-state index contributed by atoms with van der Waals surface area (Å²) in [6.07, 6.45) is 1.84. The van der Waals surface area contributed by atoms with Gasteiger partial charge in [-0.3, -0.25) is 9.36 Å². The molecule has 1 saturated heterocycles. The normalized spacial score (nSPS) is 16.0. The first-order valence-electron chi connectivity index (χ1n) is 7.49. The van der Waals surface area contributed by atoms with Crippen LogP contribution < -0.4 is 0 Å². The van der Waals surface area contributed by atoms with E-state index in [1.807, 2.05) is 36.1 Å². The maximum atomic E-state index is 11.4. The molecule has 6 heteroatoms. The molecule has 0 spiro atoms. The van der Waals surface area contributed by atoms with Crippen molar-refractivity contribution in [3.05, 3.63) is 40.9 Å². The predicted molar refractivity (Wildman–Crippen MR) is 85.3 cm³/mol. The fraction of sp³-hybridized carbons (Fsp3) is 0.438. The molecule has 1 aliphatic heterocycles. The van der Waals surface area contributed by atoms with Gasteiger partial charge in [0.05, 0.1) is 0 Å². The van der Waals surface area contributed by atoms with Gasteiger partial charge in [0.1, 0.15) is 11.6 Å². The summed E-state index contributed by atoms with van der Waals surface area (Å²) in [5, 5.41) is 9.34. The number of hydrogen-bond donors (Lipinski definition) is 0. The summed E-state index contributed by atoms with van der Waals surface area (Å²) < 4.78 is 2.09. The fourth-order valence-electron chi connectivity index (χ4n) is 3.00. The van der Waals surface area contributed by atoms with Crippen LogP contribution in [0.5, 0.6) is 0 Å². The smallest absolute Gasteiger partial charge is 0.219 e. The van der Waals surface area contributed by atoms with E-state index in [0.29, 0.717) is 10.9 Å². The molecule has 0 saturated carbocycles. The second-order valence-electron chi connectivity index (χ2n) is 5.70. The molecule has 1 fully saturated rings. The highest BCUT2D eigenvalue weighted by atomic mass is 35.5. The lowest BCUT2D eigenvalue weighted by atomic mass is 9.95. The van der Waals surface area contributed by atoms with Crippen molar-refractivity contribution in [3.8, 4) is 5.69 Å². The van der Waals surface area contributed by atoms with Crippen LogP contribution in [0.1, 0.15) is 37.3 Å². The lowest BCUT2D eigenvalue weighted by molar-refractivity contribution is -0.129. The summed E-state index contributed by atoms with van der Waals surface area (Å²) in [5.41, 5.74) is 1.02. The zero-order valence-corrected chi connectivity index (χ0v) is 13.5. The topological polar surface area (TPSA) is 51.0 Å². The molecule has 0 atom stereocenters. The van der Waals surface area contributed by atoms with Crippen molar-refractivity contribution in [3.63, 3.8) is 0 Å². The Hall–Kier alpha value is -1.88. The van der Waals surface area contributed by atoms with Gasteiger partial charge in [-0.2, -0.15) is 0 Å². The van der Waals surface area contributed by atoms with Gasteiger partial charge in [0.25, 0.3) is 0 Å². The van der Waals surface area contributed by atoms with Crippen LogP contribution in [0.3, 0.4) is 0 Å². The van der Waals surface area contributed by atoms with E-state index in [1.54, 1.807) is 6.92 Å². The number of hydrogen-bond acceptors (Lipinski definition) is 3. The highest BCUT2D eigenvalue weighted by Gasteiger charge is 2.26. The zero-order valence-electron chi connectivity index (χ0n) is 12.8. The SMILES string of the molecule is CC(=O)N1CCC(c2nnc(C)n2-c2ccc(Cl)cc2)CC1. The summed E-state index contributed by atoms with van der Waals surface area (Å²) >= 11 is 5.97. The maximum absolute atomic E-state index is 11.4. The molecule has 2 aromatic rings. The van der Waals surface area contributed by atoms with Crippen molar-refractivity contribution in [2.24, 2.45) is 0 Å². The third-order valence-electron chi connectivity index (χ3n) is 4.24. The van der Waals surface area contributed by atoms with Gasteiger partial charge in [0, 0.05) is 36.6 Å². The van der Waals surface area contributed by atoms with E-state index >= 15 is 0 Å².